The average Bonchev–Trinajstić information content (AvgIpc) is 2.68. The Morgan fingerprint density at radius 3 is 2.69 bits per heavy atom. The second-order valence-electron chi connectivity index (χ2n) is 6.38. The summed E-state index contributed by atoms with van der Waals surface area (Å²) in [4.78, 5) is 14.7. The fourth-order valence-electron chi connectivity index (χ4n) is 2.99. The van der Waals surface area contributed by atoms with Crippen LogP contribution in [0.5, 0.6) is 5.75 Å². The van der Waals surface area contributed by atoms with E-state index in [0.717, 1.165) is 47.4 Å². The van der Waals surface area contributed by atoms with Gasteiger partial charge >= 0.3 is 0 Å². The van der Waals surface area contributed by atoms with Crippen molar-refractivity contribution in [1.29, 1.82) is 0 Å². The third kappa shape index (κ3) is 5.19. The molecule has 0 unspecified atom stereocenters. The molecule has 0 bridgehead atoms. The molecule has 26 heavy (non-hydrogen) atoms. The molecular formula is C21H23BrN2O2. The van der Waals surface area contributed by atoms with Gasteiger partial charge in [-0.25, -0.2) is 0 Å². The smallest absolute Gasteiger partial charge is 0.247 e. The van der Waals surface area contributed by atoms with Crippen LogP contribution in [-0.2, 0) is 17.9 Å². The highest BCUT2D eigenvalue weighted by Gasteiger charge is 2.17. The first-order valence-corrected chi connectivity index (χ1v) is 9.50. The number of nitrogens with zero attached hydrogens (tertiary/aromatic N) is 1. The fraction of sp³-hybridized carbons (Fsp3) is 0.286. The van der Waals surface area contributed by atoms with Gasteiger partial charge in [0, 0.05) is 36.2 Å². The van der Waals surface area contributed by atoms with Crippen LogP contribution >= 0.6 is 15.9 Å². The predicted molar refractivity (Wildman–Crippen MR) is 107 cm³/mol. The predicted octanol–water partition coefficient (Wildman–Crippen LogP) is 3.91. The molecule has 1 amide bonds. The van der Waals surface area contributed by atoms with E-state index in [0.29, 0.717) is 6.54 Å². The monoisotopic (exact) mass is 414 g/mol. The first-order valence-electron chi connectivity index (χ1n) is 8.71. The first kappa shape index (κ1) is 18.7. The number of carbonyl (C=O) groups is 1. The van der Waals surface area contributed by atoms with Crippen molar-refractivity contribution in [1.82, 2.24) is 10.2 Å². The van der Waals surface area contributed by atoms with Gasteiger partial charge in [-0.2, -0.15) is 0 Å². The minimum atomic E-state index is 0.0361. The molecule has 2 aromatic rings. The highest BCUT2D eigenvalue weighted by molar-refractivity contribution is 9.10. The van der Waals surface area contributed by atoms with Gasteiger partial charge in [0.05, 0.1) is 7.11 Å². The van der Waals surface area contributed by atoms with Crippen molar-refractivity contribution in [2.24, 2.45) is 0 Å². The zero-order valence-electron chi connectivity index (χ0n) is 14.9. The Bertz CT molecular complexity index is 787. The van der Waals surface area contributed by atoms with Crippen LogP contribution in [0.25, 0.3) is 0 Å². The molecule has 0 saturated carbocycles. The number of rotatable bonds is 6. The normalized spacial score (nSPS) is 14.6. The molecule has 4 nitrogen and oxygen atoms in total. The molecule has 0 spiro atoms. The standard InChI is InChI=1S/C21H23BrN2O2/c1-26-20-4-2-3-17(13-20)15-24-11-9-18(10-12-24)21(25)23-14-16-5-7-19(22)8-6-16/h2-9,13H,10-12,14-15H2,1H3,(H,23,25). The lowest BCUT2D eigenvalue weighted by molar-refractivity contribution is -0.117. The van der Waals surface area contributed by atoms with Crippen LogP contribution < -0.4 is 10.1 Å². The maximum absolute atomic E-state index is 12.4. The zero-order valence-corrected chi connectivity index (χ0v) is 16.5. The number of amides is 1. The topological polar surface area (TPSA) is 41.6 Å². The van der Waals surface area contributed by atoms with Gasteiger partial charge in [0.15, 0.2) is 0 Å². The minimum absolute atomic E-state index is 0.0361. The summed E-state index contributed by atoms with van der Waals surface area (Å²) in [6, 6.07) is 16.1. The summed E-state index contributed by atoms with van der Waals surface area (Å²) in [5.41, 5.74) is 3.20. The molecule has 3 rings (SSSR count). The fourth-order valence-corrected chi connectivity index (χ4v) is 3.25. The third-order valence-corrected chi connectivity index (χ3v) is 5.02. The molecule has 0 aromatic heterocycles. The minimum Gasteiger partial charge on any atom is -0.497 e. The zero-order chi connectivity index (χ0) is 18.4. The van der Waals surface area contributed by atoms with E-state index in [1.807, 2.05) is 42.5 Å². The molecule has 0 fully saturated rings. The van der Waals surface area contributed by atoms with Gasteiger partial charge < -0.3 is 10.1 Å². The van der Waals surface area contributed by atoms with Gasteiger partial charge in [0.1, 0.15) is 5.75 Å². The number of halogens is 1. The van der Waals surface area contributed by atoms with Gasteiger partial charge in [0.2, 0.25) is 5.91 Å². The molecular weight excluding hydrogens is 392 g/mol. The van der Waals surface area contributed by atoms with Crippen molar-refractivity contribution in [3.8, 4) is 5.75 Å². The first-order chi connectivity index (χ1) is 12.6. The van der Waals surface area contributed by atoms with Crippen molar-refractivity contribution in [2.45, 2.75) is 19.5 Å². The van der Waals surface area contributed by atoms with Gasteiger partial charge in [-0.1, -0.05) is 46.3 Å². The molecule has 0 aliphatic carbocycles. The molecule has 0 atom stereocenters. The molecule has 1 N–H and O–H groups in total. The number of carbonyl (C=O) groups excluding carboxylic acids is 1. The van der Waals surface area contributed by atoms with E-state index in [1.54, 1.807) is 7.11 Å². The van der Waals surface area contributed by atoms with Gasteiger partial charge in [-0.3, -0.25) is 9.69 Å². The summed E-state index contributed by atoms with van der Waals surface area (Å²) in [6.07, 6.45) is 2.82. The van der Waals surface area contributed by atoms with E-state index in [9.17, 15) is 4.79 Å². The lowest BCUT2D eigenvalue weighted by Crippen LogP contribution is -2.33. The summed E-state index contributed by atoms with van der Waals surface area (Å²) in [7, 11) is 1.68. The van der Waals surface area contributed by atoms with Crippen LogP contribution in [0.1, 0.15) is 17.5 Å². The molecule has 0 radical (unpaired) electrons. The van der Waals surface area contributed by atoms with Crippen molar-refractivity contribution < 1.29 is 9.53 Å². The molecule has 1 aliphatic heterocycles. The summed E-state index contributed by atoms with van der Waals surface area (Å²) < 4.78 is 6.32. The maximum atomic E-state index is 12.4. The van der Waals surface area contributed by atoms with E-state index in [1.165, 1.54) is 5.56 Å². The van der Waals surface area contributed by atoms with Crippen molar-refractivity contribution in [3.63, 3.8) is 0 Å². The van der Waals surface area contributed by atoms with E-state index < -0.39 is 0 Å². The third-order valence-electron chi connectivity index (χ3n) is 4.49. The molecule has 1 heterocycles. The van der Waals surface area contributed by atoms with E-state index in [2.05, 4.69) is 38.3 Å². The Balaban J connectivity index is 1.50. The molecule has 5 heteroatoms. The van der Waals surface area contributed by atoms with E-state index >= 15 is 0 Å². The number of ether oxygens (including phenoxy) is 1. The van der Waals surface area contributed by atoms with Crippen molar-refractivity contribution in [2.75, 3.05) is 20.2 Å². The Morgan fingerprint density at radius 1 is 1.19 bits per heavy atom. The molecule has 2 aromatic carbocycles. The van der Waals surface area contributed by atoms with Crippen LogP contribution in [0.4, 0.5) is 0 Å². The number of nitrogens with one attached hydrogen (secondary N) is 1. The summed E-state index contributed by atoms with van der Waals surface area (Å²) >= 11 is 3.42. The van der Waals surface area contributed by atoms with Crippen molar-refractivity contribution in [3.05, 3.63) is 75.8 Å². The number of hydrogen-bond acceptors (Lipinski definition) is 3. The lowest BCUT2D eigenvalue weighted by atomic mass is 10.1. The Kier molecular flexibility index (Phi) is 6.47. The molecule has 136 valence electrons. The highest BCUT2D eigenvalue weighted by Crippen LogP contribution is 2.18. The second kappa shape index (κ2) is 9.01. The number of benzene rings is 2. The Hall–Kier alpha value is -2.11. The van der Waals surface area contributed by atoms with Crippen LogP contribution in [0.15, 0.2) is 64.7 Å². The largest absolute Gasteiger partial charge is 0.497 e. The van der Waals surface area contributed by atoms with Crippen LogP contribution in [0, 0.1) is 0 Å². The SMILES string of the molecule is COc1cccc(CN2CC=C(C(=O)NCc3ccc(Br)cc3)CC2)c1. The number of methoxy groups -OCH3 is 1. The van der Waals surface area contributed by atoms with Crippen molar-refractivity contribution >= 4 is 21.8 Å². The Labute approximate surface area is 163 Å². The van der Waals surface area contributed by atoms with Crippen LogP contribution in [-0.4, -0.2) is 31.0 Å². The highest BCUT2D eigenvalue weighted by atomic mass is 79.9. The average molecular weight is 415 g/mol. The quantitative estimate of drug-likeness (QED) is 0.778. The van der Waals surface area contributed by atoms with Gasteiger partial charge in [0.25, 0.3) is 0 Å². The summed E-state index contributed by atoms with van der Waals surface area (Å²) in [6.45, 7) is 3.09. The summed E-state index contributed by atoms with van der Waals surface area (Å²) in [5.74, 6) is 0.914. The maximum Gasteiger partial charge on any atom is 0.247 e. The van der Waals surface area contributed by atoms with Gasteiger partial charge in [-0.05, 0) is 41.8 Å². The molecule has 0 saturated heterocycles. The van der Waals surface area contributed by atoms with Crippen LogP contribution in [0.2, 0.25) is 0 Å². The van der Waals surface area contributed by atoms with Gasteiger partial charge in [-0.15, -0.1) is 0 Å². The summed E-state index contributed by atoms with van der Waals surface area (Å²) in [5, 5.41) is 3.01. The van der Waals surface area contributed by atoms with E-state index in [-0.39, 0.29) is 5.91 Å². The lowest BCUT2D eigenvalue weighted by Gasteiger charge is -2.26. The molecule has 1 aliphatic rings. The van der Waals surface area contributed by atoms with E-state index in [4.69, 9.17) is 4.74 Å². The Morgan fingerprint density at radius 2 is 2.00 bits per heavy atom. The van der Waals surface area contributed by atoms with Crippen LogP contribution in [0.3, 0.4) is 0 Å². The number of hydrogen-bond donors (Lipinski definition) is 1. The second-order valence-corrected chi connectivity index (χ2v) is 7.29.